The maximum atomic E-state index is 12.1. The first-order chi connectivity index (χ1) is 10.8. The van der Waals surface area contributed by atoms with E-state index in [1.165, 1.54) is 23.5 Å². The lowest BCUT2D eigenvalue weighted by Gasteiger charge is -2.06. The summed E-state index contributed by atoms with van der Waals surface area (Å²) in [4.78, 5) is 16.0. The molecular formula is C15H11N5O2. The van der Waals surface area contributed by atoms with Crippen molar-refractivity contribution in [3.8, 4) is 5.75 Å². The zero-order chi connectivity index (χ0) is 15.2. The number of ether oxygens (including phenoxy) is 1. The predicted octanol–water partition coefficient (Wildman–Crippen LogP) is 1.77. The molecule has 2 aromatic heterocycles. The predicted molar refractivity (Wildman–Crippen MR) is 78.7 cm³/mol. The van der Waals surface area contributed by atoms with E-state index in [0.29, 0.717) is 16.9 Å². The van der Waals surface area contributed by atoms with Gasteiger partial charge in [-0.25, -0.2) is 9.47 Å². The molecule has 0 unspecified atom stereocenters. The second kappa shape index (κ2) is 6.40. The van der Waals surface area contributed by atoms with Gasteiger partial charge in [-0.2, -0.15) is 5.10 Å². The summed E-state index contributed by atoms with van der Waals surface area (Å²) in [5.74, 6) is -0.0635. The molecule has 0 aliphatic carbocycles. The number of carbonyl (C=O) groups excluding carboxylic acids is 1. The molecule has 0 amide bonds. The number of nitrogens with zero attached hydrogens (tertiary/aromatic N) is 5. The van der Waals surface area contributed by atoms with Crippen molar-refractivity contribution in [1.29, 1.82) is 0 Å². The molecule has 7 heteroatoms. The number of hydrogen-bond acceptors (Lipinski definition) is 6. The lowest BCUT2D eigenvalue weighted by Crippen LogP contribution is -2.10. The molecule has 22 heavy (non-hydrogen) atoms. The van der Waals surface area contributed by atoms with Gasteiger partial charge >= 0.3 is 5.97 Å². The Kier molecular flexibility index (Phi) is 3.96. The molecule has 1 aromatic carbocycles. The quantitative estimate of drug-likeness (QED) is 0.416. The van der Waals surface area contributed by atoms with Crippen molar-refractivity contribution in [3.05, 3.63) is 72.6 Å². The lowest BCUT2D eigenvalue weighted by atomic mass is 10.2. The maximum Gasteiger partial charge on any atom is 0.345 e. The first-order valence-corrected chi connectivity index (χ1v) is 6.43. The van der Waals surface area contributed by atoms with E-state index in [4.69, 9.17) is 4.74 Å². The van der Waals surface area contributed by atoms with Crippen LogP contribution >= 0.6 is 0 Å². The van der Waals surface area contributed by atoms with E-state index in [-0.39, 0.29) is 0 Å². The SMILES string of the molecule is O=C(Oc1ccccc1/C=N/n1cnnc1)c1cccnc1. The van der Waals surface area contributed by atoms with Crippen LogP contribution in [0.1, 0.15) is 15.9 Å². The molecule has 0 atom stereocenters. The van der Waals surface area contributed by atoms with Crippen molar-refractivity contribution < 1.29 is 9.53 Å². The molecule has 3 aromatic rings. The highest BCUT2D eigenvalue weighted by Crippen LogP contribution is 2.17. The van der Waals surface area contributed by atoms with Crippen LogP contribution in [0, 0.1) is 0 Å². The van der Waals surface area contributed by atoms with Crippen LogP contribution in [0.4, 0.5) is 0 Å². The minimum absolute atomic E-state index is 0.382. The van der Waals surface area contributed by atoms with Crippen LogP contribution in [-0.2, 0) is 0 Å². The summed E-state index contributed by atoms with van der Waals surface area (Å²) in [5, 5.41) is 11.4. The molecule has 0 bridgehead atoms. The molecule has 0 saturated carbocycles. The summed E-state index contributed by atoms with van der Waals surface area (Å²) in [5.41, 5.74) is 1.04. The minimum Gasteiger partial charge on any atom is -0.422 e. The van der Waals surface area contributed by atoms with E-state index >= 15 is 0 Å². The molecule has 0 radical (unpaired) electrons. The third kappa shape index (κ3) is 3.21. The Morgan fingerprint density at radius 3 is 2.73 bits per heavy atom. The van der Waals surface area contributed by atoms with Crippen LogP contribution in [0.2, 0.25) is 0 Å². The molecule has 0 spiro atoms. The Hall–Kier alpha value is -3.35. The van der Waals surface area contributed by atoms with E-state index in [2.05, 4.69) is 20.3 Å². The summed E-state index contributed by atoms with van der Waals surface area (Å²) in [7, 11) is 0. The highest BCUT2D eigenvalue weighted by molar-refractivity contribution is 5.92. The van der Waals surface area contributed by atoms with Crippen molar-refractivity contribution in [2.24, 2.45) is 5.10 Å². The van der Waals surface area contributed by atoms with E-state index in [0.717, 1.165) is 0 Å². The number of pyridine rings is 1. The zero-order valence-corrected chi connectivity index (χ0v) is 11.4. The summed E-state index contributed by atoms with van der Waals surface area (Å²) >= 11 is 0. The fraction of sp³-hybridized carbons (Fsp3) is 0. The Morgan fingerprint density at radius 2 is 1.95 bits per heavy atom. The third-order valence-electron chi connectivity index (χ3n) is 2.76. The number of hydrogen-bond donors (Lipinski definition) is 0. The molecule has 0 N–H and O–H groups in total. The first-order valence-electron chi connectivity index (χ1n) is 6.43. The van der Waals surface area contributed by atoms with Crippen LogP contribution in [0.15, 0.2) is 66.5 Å². The fourth-order valence-electron chi connectivity index (χ4n) is 1.71. The van der Waals surface area contributed by atoms with Crippen LogP contribution in [0.3, 0.4) is 0 Å². The number of esters is 1. The van der Waals surface area contributed by atoms with Gasteiger partial charge in [-0.1, -0.05) is 12.1 Å². The van der Waals surface area contributed by atoms with Gasteiger partial charge in [-0.15, -0.1) is 10.2 Å². The van der Waals surface area contributed by atoms with Crippen LogP contribution < -0.4 is 4.74 Å². The Morgan fingerprint density at radius 1 is 1.14 bits per heavy atom. The molecule has 0 fully saturated rings. The van der Waals surface area contributed by atoms with Crippen molar-refractivity contribution in [2.45, 2.75) is 0 Å². The highest BCUT2D eigenvalue weighted by atomic mass is 16.5. The first kappa shape index (κ1) is 13.6. The molecule has 0 aliphatic heterocycles. The van der Waals surface area contributed by atoms with Crippen molar-refractivity contribution >= 4 is 12.2 Å². The average molecular weight is 293 g/mol. The summed E-state index contributed by atoms with van der Waals surface area (Å²) in [6, 6.07) is 10.4. The number of aromatic nitrogens is 4. The molecule has 0 saturated heterocycles. The van der Waals surface area contributed by atoms with Gasteiger partial charge in [0.2, 0.25) is 0 Å². The molecular weight excluding hydrogens is 282 g/mol. The Balaban J connectivity index is 1.81. The van der Waals surface area contributed by atoms with Crippen molar-refractivity contribution in [3.63, 3.8) is 0 Å². The van der Waals surface area contributed by atoms with Gasteiger partial charge in [0.1, 0.15) is 18.4 Å². The largest absolute Gasteiger partial charge is 0.422 e. The van der Waals surface area contributed by atoms with E-state index in [9.17, 15) is 4.79 Å². The van der Waals surface area contributed by atoms with Gasteiger partial charge in [0.25, 0.3) is 0 Å². The van der Waals surface area contributed by atoms with E-state index < -0.39 is 5.97 Å². The van der Waals surface area contributed by atoms with E-state index in [1.807, 2.05) is 6.07 Å². The number of para-hydroxylation sites is 1. The van der Waals surface area contributed by atoms with E-state index in [1.54, 1.807) is 42.7 Å². The Bertz CT molecular complexity index is 785. The number of benzene rings is 1. The Labute approximate surface area is 125 Å². The number of carbonyl (C=O) groups is 1. The molecule has 108 valence electrons. The third-order valence-corrected chi connectivity index (χ3v) is 2.76. The second-order valence-corrected chi connectivity index (χ2v) is 4.26. The van der Waals surface area contributed by atoms with Crippen molar-refractivity contribution in [2.75, 3.05) is 0 Å². The standard InChI is InChI=1S/C15H11N5O2/c21-15(13-5-3-7-16-8-13)22-14-6-2-1-4-12(14)9-19-20-10-17-18-11-20/h1-11H/b19-9+. The minimum atomic E-state index is -0.474. The molecule has 0 aliphatic rings. The van der Waals surface area contributed by atoms with Crippen LogP contribution in [-0.4, -0.2) is 32.0 Å². The average Bonchev–Trinajstić information content (AvgIpc) is 3.08. The molecule has 3 rings (SSSR count). The normalized spacial score (nSPS) is 10.7. The summed E-state index contributed by atoms with van der Waals surface area (Å²) in [6.07, 6.45) is 7.53. The summed E-state index contributed by atoms with van der Waals surface area (Å²) in [6.45, 7) is 0. The molecule has 2 heterocycles. The van der Waals surface area contributed by atoms with Crippen LogP contribution in [0.25, 0.3) is 0 Å². The lowest BCUT2D eigenvalue weighted by molar-refractivity contribution is 0.0734. The smallest absolute Gasteiger partial charge is 0.345 e. The monoisotopic (exact) mass is 293 g/mol. The topological polar surface area (TPSA) is 82.3 Å². The van der Waals surface area contributed by atoms with Crippen LogP contribution in [0.5, 0.6) is 5.75 Å². The van der Waals surface area contributed by atoms with Crippen molar-refractivity contribution in [1.82, 2.24) is 19.9 Å². The van der Waals surface area contributed by atoms with Gasteiger partial charge in [0, 0.05) is 18.0 Å². The second-order valence-electron chi connectivity index (χ2n) is 4.26. The van der Waals surface area contributed by atoms with Gasteiger partial charge in [0.05, 0.1) is 11.8 Å². The number of rotatable bonds is 4. The highest BCUT2D eigenvalue weighted by Gasteiger charge is 2.10. The van der Waals surface area contributed by atoms with Gasteiger partial charge in [-0.3, -0.25) is 4.98 Å². The fourth-order valence-corrected chi connectivity index (χ4v) is 1.71. The molecule has 7 nitrogen and oxygen atoms in total. The summed E-state index contributed by atoms with van der Waals surface area (Å²) < 4.78 is 6.83. The maximum absolute atomic E-state index is 12.1. The van der Waals surface area contributed by atoms with Gasteiger partial charge in [-0.05, 0) is 24.3 Å². The van der Waals surface area contributed by atoms with Gasteiger partial charge < -0.3 is 4.74 Å². The zero-order valence-electron chi connectivity index (χ0n) is 11.4. The van der Waals surface area contributed by atoms with Gasteiger partial charge in [0.15, 0.2) is 0 Å².